The number of aromatic nitrogens is 1. The highest BCUT2D eigenvalue weighted by molar-refractivity contribution is 14.1. The number of alkyl halides is 3. The number of rotatable bonds is 5. The zero-order valence-corrected chi connectivity index (χ0v) is 23.5. The molecule has 2 heterocycles. The Morgan fingerprint density at radius 2 is 1.89 bits per heavy atom. The predicted molar refractivity (Wildman–Crippen MR) is 143 cm³/mol. The number of nitrogens with zero attached hydrogens (tertiary/aromatic N) is 2. The van der Waals surface area contributed by atoms with Gasteiger partial charge in [-0.2, -0.15) is 13.2 Å². The number of hydrogen-bond acceptors (Lipinski definition) is 6. The third-order valence-electron chi connectivity index (χ3n) is 5.31. The lowest BCUT2D eigenvalue weighted by molar-refractivity contribution is -0.140. The SMILES string of the molecule is CCOC(=O)C1=C(C(F)(F)F)N=c2s/c(=C\c3cc(Cl)cc(I)c3OC)c(=O)n2[C@@H]1c1ccc(Cl)cc1. The van der Waals surface area contributed by atoms with Gasteiger partial charge < -0.3 is 9.47 Å². The molecule has 1 aliphatic rings. The summed E-state index contributed by atoms with van der Waals surface area (Å²) in [5.41, 5.74) is -2.18. The summed E-state index contributed by atoms with van der Waals surface area (Å²) >= 11 is 14.9. The first-order valence-electron chi connectivity index (χ1n) is 10.5. The minimum atomic E-state index is -4.99. The van der Waals surface area contributed by atoms with Crippen LogP contribution in [0.5, 0.6) is 5.75 Å². The quantitative estimate of drug-likeness (QED) is 0.272. The molecule has 0 saturated heterocycles. The van der Waals surface area contributed by atoms with Crippen molar-refractivity contribution in [3.8, 4) is 5.75 Å². The van der Waals surface area contributed by atoms with Crippen molar-refractivity contribution in [2.75, 3.05) is 13.7 Å². The van der Waals surface area contributed by atoms with Crippen molar-refractivity contribution < 1.29 is 27.4 Å². The van der Waals surface area contributed by atoms with Crippen molar-refractivity contribution in [3.05, 3.63) is 92.1 Å². The topological polar surface area (TPSA) is 69.9 Å². The molecule has 0 amide bonds. The maximum Gasteiger partial charge on any atom is 0.434 e. The first-order chi connectivity index (χ1) is 17.5. The van der Waals surface area contributed by atoms with Gasteiger partial charge in [0.05, 0.1) is 33.4 Å². The summed E-state index contributed by atoms with van der Waals surface area (Å²) in [4.78, 5) is 30.0. The number of ether oxygens (including phenoxy) is 2. The number of hydrogen-bond donors (Lipinski definition) is 0. The second-order valence-electron chi connectivity index (χ2n) is 7.62. The van der Waals surface area contributed by atoms with E-state index in [2.05, 4.69) is 4.99 Å². The fraction of sp³-hybridized carbons (Fsp3) is 0.208. The van der Waals surface area contributed by atoms with Gasteiger partial charge in [-0.15, -0.1) is 0 Å². The van der Waals surface area contributed by atoms with Crippen LogP contribution >= 0.6 is 57.1 Å². The van der Waals surface area contributed by atoms with Crippen LogP contribution in [0, 0.1) is 3.57 Å². The number of halogens is 6. The number of carbonyl (C=O) groups excluding carboxylic acids is 1. The predicted octanol–water partition coefficient (Wildman–Crippen LogP) is 5.26. The molecular weight excluding hydrogens is 667 g/mol. The fourth-order valence-electron chi connectivity index (χ4n) is 3.84. The van der Waals surface area contributed by atoms with Crippen molar-refractivity contribution >= 4 is 69.2 Å². The molecular formula is C24H16Cl2F3IN2O4S. The summed E-state index contributed by atoms with van der Waals surface area (Å²) in [6.07, 6.45) is -3.52. The lowest BCUT2D eigenvalue weighted by Crippen LogP contribution is -2.41. The summed E-state index contributed by atoms with van der Waals surface area (Å²) in [5, 5.41) is 0.712. The largest absolute Gasteiger partial charge is 0.495 e. The molecule has 194 valence electrons. The Morgan fingerprint density at radius 1 is 1.22 bits per heavy atom. The standard InChI is InChI=1S/C24H16Cl2F3IN2O4S/c1-3-36-22(34)17-18(11-4-6-13(25)7-5-11)32-21(33)16(37-23(32)31-20(17)24(27,28)29)9-12-8-14(26)10-15(30)19(12)35-2/h4-10,18H,3H2,1-2H3/b16-9-/t18-/m1/s1. The molecule has 0 spiro atoms. The Labute approximate surface area is 235 Å². The molecule has 0 unspecified atom stereocenters. The second kappa shape index (κ2) is 10.8. The molecule has 2 aromatic carbocycles. The number of fused-ring (bicyclic) bond motifs is 1. The van der Waals surface area contributed by atoms with Gasteiger partial charge in [-0.25, -0.2) is 9.79 Å². The summed E-state index contributed by atoms with van der Waals surface area (Å²) in [7, 11) is 1.45. The molecule has 0 radical (unpaired) electrons. The Morgan fingerprint density at radius 3 is 2.49 bits per heavy atom. The molecule has 13 heteroatoms. The minimum absolute atomic E-state index is 0.0701. The molecule has 0 saturated carbocycles. The van der Waals surface area contributed by atoms with E-state index in [9.17, 15) is 22.8 Å². The van der Waals surface area contributed by atoms with Gasteiger partial charge in [-0.1, -0.05) is 46.7 Å². The zero-order valence-electron chi connectivity index (χ0n) is 19.0. The lowest BCUT2D eigenvalue weighted by Gasteiger charge is -2.26. The van der Waals surface area contributed by atoms with Gasteiger partial charge in [0.25, 0.3) is 5.56 Å². The fourth-order valence-corrected chi connectivity index (χ4v) is 6.24. The number of methoxy groups -OCH3 is 1. The Kier molecular flexibility index (Phi) is 8.07. The smallest absolute Gasteiger partial charge is 0.434 e. The lowest BCUT2D eigenvalue weighted by atomic mass is 9.95. The molecule has 1 aromatic heterocycles. The normalized spacial score (nSPS) is 15.9. The maximum absolute atomic E-state index is 14.2. The first-order valence-corrected chi connectivity index (χ1v) is 13.2. The van der Waals surface area contributed by atoms with Crippen LogP contribution in [0.2, 0.25) is 10.0 Å². The van der Waals surface area contributed by atoms with Crippen LogP contribution in [-0.2, 0) is 9.53 Å². The third kappa shape index (κ3) is 5.45. The highest BCUT2D eigenvalue weighted by Crippen LogP contribution is 2.38. The Hall–Kier alpha value is -2.35. The number of allylic oxidation sites excluding steroid dienone is 1. The van der Waals surface area contributed by atoms with Crippen LogP contribution in [0.25, 0.3) is 6.08 Å². The van der Waals surface area contributed by atoms with Gasteiger partial charge in [0.15, 0.2) is 10.5 Å². The molecule has 0 fully saturated rings. The Balaban J connectivity index is 2.07. The van der Waals surface area contributed by atoms with Gasteiger partial charge in [-0.3, -0.25) is 9.36 Å². The summed E-state index contributed by atoms with van der Waals surface area (Å²) in [6, 6.07) is 7.61. The van der Waals surface area contributed by atoms with E-state index >= 15 is 0 Å². The zero-order chi connectivity index (χ0) is 27.1. The molecule has 4 rings (SSSR count). The van der Waals surface area contributed by atoms with Gasteiger partial charge >= 0.3 is 12.1 Å². The van der Waals surface area contributed by atoms with E-state index in [1.165, 1.54) is 44.4 Å². The van der Waals surface area contributed by atoms with Crippen molar-refractivity contribution in [3.63, 3.8) is 0 Å². The minimum Gasteiger partial charge on any atom is -0.495 e. The molecule has 6 nitrogen and oxygen atoms in total. The van der Waals surface area contributed by atoms with Crippen molar-refractivity contribution in [1.82, 2.24) is 4.57 Å². The molecule has 1 aliphatic heterocycles. The van der Waals surface area contributed by atoms with Gasteiger partial charge in [0.2, 0.25) is 0 Å². The highest BCUT2D eigenvalue weighted by Gasteiger charge is 2.45. The van der Waals surface area contributed by atoms with Crippen LogP contribution in [0.1, 0.15) is 24.1 Å². The number of esters is 1. The summed E-state index contributed by atoms with van der Waals surface area (Å²) < 4.78 is 54.7. The van der Waals surface area contributed by atoms with Crippen LogP contribution in [0.15, 0.2) is 57.5 Å². The molecule has 0 N–H and O–H groups in total. The van der Waals surface area contributed by atoms with Crippen molar-refractivity contribution in [2.24, 2.45) is 4.99 Å². The average molecular weight is 683 g/mol. The number of thiazole rings is 1. The van der Waals surface area contributed by atoms with Crippen molar-refractivity contribution in [2.45, 2.75) is 19.1 Å². The van der Waals surface area contributed by atoms with Crippen LogP contribution in [-0.4, -0.2) is 30.4 Å². The number of carbonyl (C=O) groups is 1. The monoisotopic (exact) mass is 682 g/mol. The van der Waals surface area contributed by atoms with E-state index < -0.39 is 35.0 Å². The van der Waals surface area contributed by atoms with E-state index in [4.69, 9.17) is 32.7 Å². The third-order valence-corrected chi connectivity index (χ3v) is 7.56. The van der Waals surface area contributed by atoms with E-state index in [1.807, 2.05) is 22.6 Å². The molecule has 37 heavy (non-hydrogen) atoms. The second-order valence-corrected chi connectivity index (χ2v) is 10.7. The first kappa shape index (κ1) is 27.7. The summed E-state index contributed by atoms with van der Waals surface area (Å²) in [6.45, 7) is 1.30. The molecule has 1 atom stereocenters. The van der Waals surface area contributed by atoms with E-state index in [1.54, 1.807) is 12.1 Å². The van der Waals surface area contributed by atoms with Crippen LogP contribution < -0.4 is 19.6 Å². The van der Waals surface area contributed by atoms with Gasteiger partial charge in [0, 0.05) is 15.6 Å². The van der Waals surface area contributed by atoms with Crippen LogP contribution in [0.3, 0.4) is 0 Å². The molecule has 3 aromatic rings. The summed E-state index contributed by atoms with van der Waals surface area (Å²) in [5.74, 6) is -0.785. The van der Waals surface area contributed by atoms with E-state index in [0.29, 0.717) is 24.9 Å². The van der Waals surface area contributed by atoms with Gasteiger partial charge in [0.1, 0.15) is 5.75 Å². The molecule has 0 aliphatic carbocycles. The van der Waals surface area contributed by atoms with Crippen LogP contribution in [0.4, 0.5) is 13.2 Å². The maximum atomic E-state index is 14.2. The molecule has 0 bridgehead atoms. The Bertz CT molecular complexity index is 1600. The van der Waals surface area contributed by atoms with E-state index in [0.717, 1.165) is 15.9 Å². The highest BCUT2D eigenvalue weighted by atomic mass is 127. The van der Waals surface area contributed by atoms with Crippen molar-refractivity contribution in [1.29, 1.82) is 0 Å². The average Bonchev–Trinajstić information content (AvgIpc) is 3.13. The number of benzene rings is 2. The van der Waals surface area contributed by atoms with E-state index in [-0.39, 0.29) is 21.5 Å². The van der Waals surface area contributed by atoms with Gasteiger partial charge in [-0.05, 0) is 65.4 Å².